The molecule has 2 aromatic carbocycles. The van der Waals surface area contributed by atoms with Crippen LogP contribution in [0.4, 0.5) is 0 Å². The number of carbonyl (C=O) groups excluding carboxylic acids is 2. The first-order valence-corrected chi connectivity index (χ1v) is 10.3. The second-order valence-electron chi connectivity index (χ2n) is 5.54. The largest absolute Gasteiger partial charge is 0.454 e. The summed E-state index contributed by atoms with van der Waals surface area (Å²) in [6.07, 6.45) is 1.94. The van der Waals surface area contributed by atoms with E-state index in [1.165, 1.54) is 38.4 Å². The number of ketones is 1. The van der Waals surface area contributed by atoms with E-state index in [9.17, 15) is 18.0 Å². The Bertz CT molecular complexity index is 888. The number of thioether (sulfide) groups is 1. The minimum atomic E-state index is -3.56. The summed E-state index contributed by atoms with van der Waals surface area (Å²) in [5, 5.41) is 0. The summed E-state index contributed by atoms with van der Waals surface area (Å²) in [6, 6.07) is 12.4. The van der Waals surface area contributed by atoms with Crippen molar-refractivity contribution in [3.8, 4) is 0 Å². The third-order valence-electron chi connectivity index (χ3n) is 3.61. The van der Waals surface area contributed by atoms with Crippen molar-refractivity contribution in [2.75, 3.05) is 27.0 Å². The van der Waals surface area contributed by atoms with Gasteiger partial charge in [-0.25, -0.2) is 17.5 Å². The Balaban J connectivity index is 2.00. The molecule has 0 spiro atoms. The summed E-state index contributed by atoms with van der Waals surface area (Å²) in [4.78, 5) is 25.2. The lowest BCUT2D eigenvalue weighted by Crippen LogP contribution is -2.22. The molecule has 138 valence electrons. The SMILES string of the molecule is CSc1ccc(C(=O)COC(=O)c2ccc(S(=O)(=O)N(C)C)cc2)cc1. The maximum Gasteiger partial charge on any atom is 0.338 e. The number of esters is 1. The Hall–Kier alpha value is -2.16. The summed E-state index contributed by atoms with van der Waals surface area (Å²) in [5.74, 6) is -0.995. The molecular weight excluding hydrogens is 374 g/mol. The van der Waals surface area contributed by atoms with Gasteiger partial charge in [-0.15, -0.1) is 11.8 Å². The zero-order valence-corrected chi connectivity index (χ0v) is 16.3. The van der Waals surface area contributed by atoms with E-state index in [0.717, 1.165) is 9.20 Å². The average molecular weight is 393 g/mol. The quantitative estimate of drug-likeness (QED) is 0.409. The van der Waals surface area contributed by atoms with Crippen LogP contribution in [-0.2, 0) is 14.8 Å². The molecule has 2 rings (SSSR count). The monoisotopic (exact) mass is 393 g/mol. The average Bonchev–Trinajstić information content (AvgIpc) is 2.65. The number of nitrogens with zero attached hydrogens (tertiary/aromatic N) is 1. The van der Waals surface area contributed by atoms with Gasteiger partial charge in [-0.3, -0.25) is 4.79 Å². The highest BCUT2D eigenvalue weighted by Gasteiger charge is 2.18. The van der Waals surface area contributed by atoms with Crippen LogP contribution < -0.4 is 0 Å². The Labute approximate surface area is 157 Å². The van der Waals surface area contributed by atoms with Gasteiger partial charge in [0.2, 0.25) is 10.0 Å². The van der Waals surface area contributed by atoms with Crippen molar-refractivity contribution in [3.05, 3.63) is 59.7 Å². The Morgan fingerprint density at radius 2 is 1.50 bits per heavy atom. The van der Waals surface area contributed by atoms with Crippen LogP contribution in [0, 0.1) is 0 Å². The standard InChI is InChI=1S/C18H19NO5S2/c1-19(2)26(22,23)16-10-6-14(7-11-16)18(21)24-12-17(20)13-4-8-15(25-3)9-5-13/h4-11H,12H2,1-3H3. The van der Waals surface area contributed by atoms with Crippen LogP contribution in [0.15, 0.2) is 58.3 Å². The predicted molar refractivity (Wildman–Crippen MR) is 100 cm³/mol. The molecule has 6 nitrogen and oxygen atoms in total. The molecule has 2 aromatic rings. The van der Waals surface area contributed by atoms with E-state index in [1.807, 2.05) is 18.4 Å². The van der Waals surface area contributed by atoms with Crippen molar-refractivity contribution in [1.82, 2.24) is 4.31 Å². The van der Waals surface area contributed by atoms with Crippen molar-refractivity contribution < 1.29 is 22.7 Å². The minimum Gasteiger partial charge on any atom is -0.454 e. The number of rotatable bonds is 7. The van der Waals surface area contributed by atoms with Gasteiger partial charge in [0.1, 0.15) is 0 Å². The molecule has 0 saturated heterocycles. The van der Waals surface area contributed by atoms with Gasteiger partial charge in [0.25, 0.3) is 0 Å². The topological polar surface area (TPSA) is 80.8 Å². The molecule has 0 fully saturated rings. The van der Waals surface area contributed by atoms with E-state index in [4.69, 9.17) is 4.74 Å². The van der Waals surface area contributed by atoms with Crippen LogP contribution in [0.3, 0.4) is 0 Å². The van der Waals surface area contributed by atoms with Crippen LogP contribution in [-0.4, -0.2) is 51.4 Å². The normalized spacial score (nSPS) is 11.4. The number of hydrogen-bond donors (Lipinski definition) is 0. The number of Topliss-reactive ketones (excluding diaryl/α,β-unsaturated/α-hetero) is 1. The molecule has 0 aliphatic rings. The number of carbonyl (C=O) groups is 2. The van der Waals surface area contributed by atoms with Gasteiger partial charge in [-0.05, 0) is 42.7 Å². The van der Waals surface area contributed by atoms with Gasteiger partial charge in [-0.2, -0.15) is 0 Å². The molecule has 0 N–H and O–H groups in total. The first-order chi connectivity index (χ1) is 12.3. The fourth-order valence-electron chi connectivity index (χ4n) is 2.05. The second-order valence-corrected chi connectivity index (χ2v) is 8.57. The molecule has 0 radical (unpaired) electrons. The molecule has 0 aliphatic heterocycles. The second kappa shape index (κ2) is 8.48. The fourth-order valence-corrected chi connectivity index (χ4v) is 3.36. The summed E-state index contributed by atoms with van der Waals surface area (Å²) in [7, 11) is -0.711. The van der Waals surface area contributed by atoms with Crippen molar-refractivity contribution in [1.29, 1.82) is 0 Å². The molecule has 0 atom stereocenters. The van der Waals surface area contributed by atoms with Crippen LogP contribution >= 0.6 is 11.8 Å². The lowest BCUT2D eigenvalue weighted by atomic mass is 10.1. The van der Waals surface area contributed by atoms with E-state index >= 15 is 0 Å². The van der Waals surface area contributed by atoms with E-state index in [2.05, 4.69) is 0 Å². The van der Waals surface area contributed by atoms with Crippen LogP contribution in [0.1, 0.15) is 20.7 Å². The van der Waals surface area contributed by atoms with E-state index in [1.54, 1.807) is 23.9 Å². The molecule has 0 aromatic heterocycles. The third kappa shape index (κ3) is 4.72. The maximum absolute atomic E-state index is 12.1. The van der Waals surface area contributed by atoms with Crippen LogP contribution in [0.2, 0.25) is 0 Å². The molecule has 0 saturated carbocycles. The van der Waals surface area contributed by atoms with Crippen LogP contribution in [0.5, 0.6) is 0 Å². The van der Waals surface area contributed by atoms with E-state index in [0.29, 0.717) is 5.56 Å². The molecule has 0 aliphatic carbocycles. The Morgan fingerprint density at radius 3 is 2.00 bits per heavy atom. The number of hydrogen-bond acceptors (Lipinski definition) is 6. The summed E-state index contributed by atoms with van der Waals surface area (Å²) in [5.41, 5.74) is 0.635. The van der Waals surface area contributed by atoms with Gasteiger partial charge in [0, 0.05) is 24.6 Å². The number of benzene rings is 2. The highest BCUT2D eigenvalue weighted by atomic mass is 32.2. The van der Waals surface area contributed by atoms with Gasteiger partial charge < -0.3 is 4.74 Å². The van der Waals surface area contributed by atoms with Gasteiger partial charge in [-0.1, -0.05) is 12.1 Å². The van der Waals surface area contributed by atoms with Crippen molar-refractivity contribution >= 4 is 33.5 Å². The predicted octanol–water partition coefficient (Wildman–Crippen LogP) is 2.70. The number of ether oxygens (including phenoxy) is 1. The highest BCUT2D eigenvalue weighted by molar-refractivity contribution is 7.98. The molecule has 0 heterocycles. The molecule has 0 amide bonds. The summed E-state index contributed by atoms with van der Waals surface area (Å²) in [6.45, 7) is -0.380. The molecule has 0 bridgehead atoms. The highest BCUT2D eigenvalue weighted by Crippen LogP contribution is 2.16. The first kappa shape index (κ1) is 20.2. The zero-order valence-electron chi connectivity index (χ0n) is 14.6. The summed E-state index contributed by atoms with van der Waals surface area (Å²) < 4.78 is 30.1. The van der Waals surface area contributed by atoms with Crippen molar-refractivity contribution in [3.63, 3.8) is 0 Å². The molecule has 0 unspecified atom stereocenters. The first-order valence-electron chi connectivity index (χ1n) is 7.62. The van der Waals surface area contributed by atoms with E-state index < -0.39 is 16.0 Å². The lowest BCUT2D eigenvalue weighted by Gasteiger charge is -2.11. The van der Waals surface area contributed by atoms with Gasteiger partial charge in [0.15, 0.2) is 12.4 Å². The van der Waals surface area contributed by atoms with E-state index in [-0.39, 0.29) is 22.8 Å². The molecule has 26 heavy (non-hydrogen) atoms. The third-order valence-corrected chi connectivity index (χ3v) is 6.19. The fraction of sp³-hybridized carbons (Fsp3) is 0.222. The maximum atomic E-state index is 12.1. The van der Waals surface area contributed by atoms with Gasteiger partial charge in [0.05, 0.1) is 10.5 Å². The van der Waals surface area contributed by atoms with Crippen molar-refractivity contribution in [2.45, 2.75) is 9.79 Å². The van der Waals surface area contributed by atoms with Crippen LogP contribution in [0.25, 0.3) is 0 Å². The smallest absolute Gasteiger partial charge is 0.338 e. The number of sulfonamides is 1. The lowest BCUT2D eigenvalue weighted by molar-refractivity contribution is 0.0474. The zero-order chi connectivity index (χ0) is 19.3. The molecule has 8 heteroatoms. The van der Waals surface area contributed by atoms with Crippen molar-refractivity contribution in [2.24, 2.45) is 0 Å². The molecular formula is C18H19NO5S2. The minimum absolute atomic E-state index is 0.0732. The Morgan fingerprint density at radius 1 is 0.962 bits per heavy atom. The Kier molecular flexibility index (Phi) is 6.57. The van der Waals surface area contributed by atoms with Gasteiger partial charge >= 0.3 is 5.97 Å². The summed E-state index contributed by atoms with van der Waals surface area (Å²) >= 11 is 1.57.